The van der Waals surface area contributed by atoms with Gasteiger partial charge in [0.15, 0.2) is 0 Å². The van der Waals surface area contributed by atoms with Crippen LogP contribution in [0.1, 0.15) is 25.8 Å². The molecule has 1 rings (SSSR count). The number of nitrogens with one attached hydrogen (secondary N) is 2. The highest BCUT2D eigenvalue weighted by atomic mass is 32.2. The number of thiol groups is 1. The quantitative estimate of drug-likeness (QED) is 0.417. The van der Waals surface area contributed by atoms with Crippen molar-refractivity contribution in [3.05, 3.63) is 35.9 Å². The van der Waals surface area contributed by atoms with Crippen LogP contribution in [0.15, 0.2) is 30.3 Å². The summed E-state index contributed by atoms with van der Waals surface area (Å²) in [5, 5.41) is 14.2. The second-order valence-corrected chi connectivity index (χ2v) is 8.16. The lowest BCUT2D eigenvalue weighted by atomic mass is 10.0. The van der Waals surface area contributed by atoms with Crippen LogP contribution in [0.3, 0.4) is 0 Å². The summed E-state index contributed by atoms with van der Waals surface area (Å²) in [5.41, 5.74) is 0.810. The average molecular weight is 413 g/mol. The minimum absolute atomic E-state index is 0.0162. The van der Waals surface area contributed by atoms with E-state index in [4.69, 9.17) is 0 Å². The van der Waals surface area contributed by atoms with Crippen molar-refractivity contribution in [2.45, 2.75) is 44.0 Å². The van der Waals surface area contributed by atoms with E-state index < -0.39 is 29.2 Å². The molecule has 0 aliphatic heterocycles. The lowest BCUT2D eigenvalue weighted by Crippen LogP contribution is -2.53. The number of carbonyl (C=O) groups excluding carboxylic acids is 2. The molecule has 0 saturated heterocycles. The Hall–Kier alpha value is -1.67. The summed E-state index contributed by atoms with van der Waals surface area (Å²) in [6.07, 6.45) is 2.49. The van der Waals surface area contributed by atoms with Gasteiger partial charge in [0, 0.05) is 6.42 Å². The Balaban J connectivity index is 2.82. The Bertz CT molecular complexity index is 625. The first kappa shape index (κ1) is 23.4. The monoisotopic (exact) mass is 412 g/mol. The van der Waals surface area contributed by atoms with Crippen LogP contribution in [0, 0.1) is 5.92 Å². The largest absolute Gasteiger partial charge is 0.480 e. The van der Waals surface area contributed by atoms with Gasteiger partial charge in [0.05, 0.1) is 5.25 Å². The Morgan fingerprint density at radius 3 is 2.19 bits per heavy atom. The fourth-order valence-electron chi connectivity index (χ4n) is 2.39. The molecule has 0 saturated carbocycles. The predicted molar refractivity (Wildman–Crippen MR) is 112 cm³/mol. The molecule has 0 heterocycles. The van der Waals surface area contributed by atoms with E-state index in [0.29, 0.717) is 12.2 Å². The van der Waals surface area contributed by atoms with Crippen LogP contribution in [0.5, 0.6) is 0 Å². The zero-order chi connectivity index (χ0) is 20.4. The highest BCUT2D eigenvalue weighted by Crippen LogP contribution is 2.11. The van der Waals surface area contributed by atoms with Gasteiger partial charge >= 0.3 is 5.97 Å². The number of carboxylic acid groups (broad SMARTS) is 1. The Labute approximate surface area is 170 Å². The summed E-state index contributed by atoms with van der Waals surface area (Å²) in [7, 11) is 0. The number of benzene rings is 1. The van der Waals surface area contributed by atoms with Gasteiger partial charge in [-0.3, -0.25) is 9.59 Å². The third-order valence-electron chi connectivity index (χ3n) is 4.04. The minimum atomic E-state index is -1.11. The second-order valence-electron chi connectivity index (χ2n) is 6.62. The molecule has 1 aromatic rings. The smallest absolute Gasteiger partial charge is 0.326 e. The van der Waals surface area contributed by atoms with Gasteiger partial charge in [-0.25, -0.2) is 4.79 Å². The molecule has 0 aliphatic rings. The van der Waals surface area contributed by atoms with Crippen LogP contribution in [0.4, 0.5) is 0 Å². The van der Waals surface area contributed by atoms with Gasteiger partial charge in [0.2, 0.25) is 11.8 Å². The molecule has 3 atom stereocenters. The van der Waals surface area contributed by atoms with Crippen molar-refractivity contribution in [1.82, 2.24) is 10.6 Å². The Kier molecular flexibility index (Phi) is 10.3. The highest BCUT2D eigenvalue weighted by Gasteiger charge is 2.28. The first-order chi connectivity index (χ1) is 12.8. The van der Waals surface area contributed by atoms with Gasteiger partial charge in [0.1, 0.15) is 12.1 Å². The fourth-order valence-corrected chi connectivity index (χ4v) is 2.93. The molecule has 27 heavy (non-hydrogen) atoms. The lowest BCUT2D eigenvalue weighted by molar-refractivity contribution is -0.142. The van der Waals surface area contributed by atoms with E-state index in [2.05, 4.69) is 23.3 Å². The molecule has 0 aromatic heterocycles. The zero-order valence-electron chi connectivity index (χ0n) is 15.8. The normalized spacial score (nSPS) is 14.3. The SMILES string of the molecule is CSCCC(NC(=O)C(S)C(C)C)C(=O)NC(Cc1ccccc1)C(=O)O. The van der Waals surface area contributed by atoms with E-state index in [9.17, 15) is 19.5 Å². The summed E-state index contributed by atoms with van der Waals surface area (Å²) >= 11 is 5.83. The number of carbonyl (C=O) groups is 3. The van der Waals surface area contributed by atoms with Gasteiger partial charge < -0.3 is 15.7 Å². The van der Waals surface area contributed by atoms with Crippen LogP contribution in [0.25, 0.3) is 0 Å². The molecular formula is C19H28N2O4S2. The highest BCUT2D eigenvalue weighted by molar-refractivity contribution is 7.98. The molecular weight excluding hydrogens is 384 g/mol. The number of hydrogen-bond donors (Lipinski definition) is 4. The van der Waals surface area contributed by atoms with E-state index in [1.54, 1.807) is 11.8 Å². The van der Waals surface area contributed by atoms with E-state index >= 15 is 0 Å². The number of aliphatic carboxylic acids is 1. The average Bonchev–Trinajstić information content (AvgIpc) is 2.64. The maximum Gasteiger partial charge on any atom is 0.326 e. The topological polar surface area (TPSA) is 95.5 Å². The summed E-state index contributed by atoms with van der Waals surface area (Å²) in [4.78, 5) is 36.5. The molecule has 3 unspecified atom stereocenters. The molecule has 0 spiro atoms. The zero-order valence-corrected chi connectivity index (χ0v) is 17.6. The number of amides is 2. The number of hydrogen-bond acceptors (Lipinski definition) is 5. The lowest BCUT2D eigenvalue weighted by Gasteiger charge is -2.23. The number of carboxylic acids is 1. The van der Waals surface area contributed by atoms with Crippen LogP contribution in [-0.2, 0) is 20.8 Å². The molecule has 6 nitrogen and oxygen atoms in total. The first-order valence-corrected chi connectivity index (χ1v) is 10.7. The molecule has 8 heteroatoms. The molecule has 3 N–H and O–H groups in total. The molecule has 150 valence electrons. The van der Waals surface area contributed by atoms with Gasteiger partial charge in [-0.1, -0.05) is 44.2 Å². The van der Waals surface area contributed by atoms with Crippen molar-refractivity contribution in [2.75, 3.05) is 12.0 Å². The summed E-state index contributed by atoms with van der Waals surface area (Å²) < 4.78 is 0. The van der Waals surface area contributed by atoms with E-state index in [0.717, 1.165) is 5.56 Å². The molecule has 0 fully saturated rings. The van der Waals surface area contributed by atoms with Crippen LogP contribution < -0.4 is 10.6 Å². The predicted octanol–water partition coefficient (Wildman–Crippen LogP) is 1.99. The van der Waals surface area contributed by atoms with Crippen molar-refractivity contribution in [1.29, 1.82) is 0 Å². The molecule has 0 radical (unpaired) electrons. The summed E-state index contributed by atoms with van der Waals surface area (Å²) in [6, 6.07) is 7.23. The minimum Gasteiger partial charge on any atom is -0.480 e. The van der Waals surface area contributed by atoms with Crippen molar-refractivity contribution in [3.63, 3.8) is 0 Å². The number of rotatable bonds is 11. The summed E-state index contributed by atoms with van der Waals surface area (Å²) in [5.74, 6) is -1.26. The summed E-state index contributed by atoms with van der Waals surface area (Å²) in [6.45, 7) is 3.74. The fraction of sp³-hybridized carbons (Fsp3) is 0.526. The van der Waals surface area contributed by atoms with Crippen molar-refractivity contribution < 1.29 is 19.5 Å². The molecule has 2 amide bonds. The molecule has 1 aromatic carbocycles. The maximum absolute atomic E-state index is 12.7. The van der Waals surface area contributed by atoms with Gasteiger partial charge in [0.25, 0.3) is 0 Å². The van der Waals surface area contributed by atoms with Crippen LogP contribution in [0.2, 0.25) is 0 Å². The molecule has 0 aliphatic carbocycles. The maximum atomic E-state index is 12.7. The third-order valence-corrected chi connectivity index (χ3v) is 5.52. The van der Waals surface area contributed by atoms with Crippen LogP contribution in [-0.4, -0.2) is 52.2 Å². The van der Waals surface area contributed by atoms with Crippen molar-refractivity contribution in [3.8, 4) is 0 Å². The van der Waals surface area contributed by atoms with E-state index in [1.165, 1.54) is 0 Å². The Morgan fingerprint density at radius 2 is 1.67 bits per heavy atom. The molecule has 0 bridgehead atoms. The number of thioether (sulfide) groups is 1. The van der Waals surface area contributed by atoms with Gasteiger partial charge in [-0.05, 0) is 29.9 Å². The van der Waals surface area contributed by atoms with Gasteiger partial charge in [-0.2, -0.15) is 24.4 Å². The Morgan fingerprint density at radius 1 is 1.07 bits per heavy atom. The van der Waals surface area contributed by atoms with E-state index in [1.807, 2.05) is 50.4 Å². The standard InChI is InChI=1S/C19H28N2O4S2/c1-12(2)16(26)18(23)20-14(9-10-27-3)17(22)21-15(19(24)25)11-13-7-5-4-6-8-13/h4-8,12,14-16,26H,9-11H2,1-3H3,(H,20,23)(H,21,22)(H,24,25). The van der Waals surface area contributed by atoms with Gasteiger partial charge in [-0.15, -0.1) is 0 Å². The first-order valence-electron chi connectivity index (χ1n) is 8.80. The van der Waals surface area contributed by atoms with Crippen molar-refractivity contribution in [2.24, 2.45) is 5.92 Å². The third kappa shape index (κ3) is 8.26. The van der Waals surface area contributed by atoms with Crippen LogP contribution >= 0.6 is 24.4 Å². The second kappa shape index (κ2) is 11.9. The van der Waals surface area contributed by atoms with E-state index in [-0.39, 0.29) is 18.2 Å². The van der Waals surface area contributed by atoms with Crippen molar-refractivity contribution >= 4 is 42.2 Å².